The number of ether oxygens (including phenoxy) is 2. The Bertz CT molecular complexity index is 1100. The minimum absolute atomic E-state index is 0.0632. The Balaban J connectivity index is 1.37. The van der Waals surface area contributed by atoms with Crippen molar-refractivity contribution in [2.24, 2.45) is 5.92 Å². The molecular weight excluding hydrogens is 416 g/mol. The summed E-state index contributed by atoms with van der Waals surface area (Å²) in [5.74, 6) is 1.58. The molecule has 164 valence electrons. The molecule has 1 N–H and O–H groups in total. The van der Waals surface area contributed by atoms with Gasteiger partial charge in [-0.3, -0.25) is 9.52 Å². The van der Waals surface area contributed by atoms with Crippen molar-refractivity contribution in [2.75, 3.05) is 18.1 Å². The molecule has 2 aromatic rings. The zero-order chi connectivity index (χ0) is 21.4. The van der Waals surface area contributed by atoms with Crippen molar-refractivity contribution < 1.29 is 22.7 Å². The third kappa shape index (κ3) is 3.96. The highest BCUT2D eigenvalue weighted by Gasteiger charge is 2.36. The largest absolute Gasteiger partial charge is 0.454 e. The molecule has 2 aromatic carbocycles. The van der Waals surface area contributed by atoms with Gasteiger partial charge in [0.05, 0.1) is 10.6 Å². The number of carbonyl (C=O) groups excluding carboxylic acids is 1. The smallest absolute Gasteiger partial charge is 0.261 e. The SMILES string of the molecule is O=C(c1cccc(S(=O)(=O)Nc2ccc3c(c2)OCO3)c1)N1CCC[C@H]2CCCC[C@H]21. The number of nitrogens with one attached hydrogen (secondary N) is 1. The van der Waals surface area contributed by atoms with Crippen molar-refractivity contribution in [3.8, 4) is 11.5 Å². The van der Waals surface area contributed by atoms with Crippen LogP contribution in [0.2, 0.25) is 0 Å². The summed E-state index contributed by atoms with van der Waals surface area (Å²) >= 11 is 0. The fraction of sp³-hybridized carbons (Fsp3) is 0.435. The molecule has 2 fully saturated rings. The molecule has 0 radical (unpaired) electrons. The van der Waals surface area contributed by atoms with Gasteiger partial charge in [0.1, 0.15) is 0 Å². The average molecular weight is 443 g/mol. The van der Waals surface area contributed by atoms with Gasteiger partial charge in [0.2, 0.25) is 6.79 Å². The molecule has 0 bridgehead atoms. The van der Waals surface area contributed by atoms with Crippen LogP contribution in [0.25, 0.3) is 0 Å². The van der Waals surface area contributed by atoms with E-state index in [2.05, 4.69) is 4.72 Å². The first-order chi connectivity index (χ1) is 15.0. The minimum atomic E-state index is -3.86. The van der Waals surface area contributed by atoms with E-state index in [1.165, 1.54) is 31.4 Å². The highest BCUT2D eigenvalue weighted by Crippen LogP contribution is 2.37. The lowest BCUT2D eigenvalue weighted by atomic mass is 9.78. The molecule has 2 atom stereocenters. The molecule has 0 unspecified atom stereocenters. The maximum atomic E-state index is 13.3. The highest BCUT2D eigenvalue weighted by atomic mass is 32.2. The Morgan fingerprint density at radius 3 is 2.68 bits per heavy atom. The van der Waals surface area contributed by atoms with Gasteiger partial charge in [0, 0.05) is 24.2 Å². The fourth-order valence-electron chi connectivity index (χ4n) is 5.01. The first-order valence-corrected chi connectivity index (χ1v) is 12.3. The van der Waals surface area contributed by atoms with E-state index in [0.29, 0.717) is 28.7 Å². The maximum Gasteiger partial charge on any atom is 0.261 e. The summed E-state index contributed by atoms with van der Waals surface area (Å²) in [5, 5.41) is 0. The topological polar surface area (TPSA) is 84.9 Å². The molecule has 5 rings (SSSR count). The second-order valence-electron chi connectivity index (χ2n) is 8.45. The number of carbonyl (C=O) groups is 1. The van der Waals surface area contributed by atoms with Gasteiger partial charge in [-0.05, 0) is 61.9 Å². The Hall–Kier alpha value is -2.74. The van der Waals surface area contributed by atoms with Gasteiger partial charge < -0.3 is 14.4 Å². The van der Waals surface area contributed by atoms with Crippen LogP contribution in [0.4, 0.5) is 5.69 Å². The summed E-state index contributed by atoms with van der Waals surface area (Å²) in [6, 6.07) is 11.5. The summed E-state index contributed by atoms with van der Waals surface area (Å²) in [5.41, 5.74) is 0.793. The lowest BCUT2D eigenvalue weighted by Gasteiger charge is -2.44. The van der Waals surface area contributed by atoms with E-state index in [1.54, 1.807) is 30.3 Å². The molecule has 1 saturated heterocycles. The monoisotopic (exact) mass is 442 g/mol. The Kier molecular flexibility index (Phi) is 5.25. The number of fused-ring (bicyclic) bond motifs is 2. The van der Waals surface area contributed by atoms with E-state index in [1.807, 2.05) is 4.90 Å². The molecule has 2 heterocycles. The Morgan fingerprint density at radius 2 is 1.77 bits per heavy atom. The normalized spacial score (nSPS) is 22.6. The van der Waals surface area contributed by atoms with Gasteiger partial charge in [0.15, 0.2) is 11.5 Å². The molecule has 31 heavy (non-hydrogen) atoms. The highest BCUT2D eigenvalue weighted by molar-refractivity contribution is 7.92. The summed E-state index contributed by atoms with van der Waals surface area (Å²) in [4.78, 5) is 15.3. The van der Waals surface area contributed by atoms with E-state index >= 15 is 0 Å². The van der Waals surface area contributed by atoms with E-state index in [0.717, 1.165) is 25.8 Å². The third-order valence-electron chi connectivity index (χ3n) is 6.52. The number of hydrogen-bond donors (Lipinski definition) is 1. The van der Waals surface area contributed by atoms with Gasteiger partial charge in [0.25, 0.3) is 15.9 Å². The van der Waals surface area contributed by atoms with Crippen LogP contribution in [-0.2, 0) is 10.0 Å². The van der Waals surface area contributed by atoms with Crippen LogP contribution in [0, 0.1) is 5.92 Å². The van der Waals surface area contributed by atoms with Crippen molar-refractivity contribution in [1.29, 1.82) is 0 Å². The van der Waals surface area contributed by atoms with Gasteiger partial charge in [-0.25, -0.2) is 8.42 Å². The minimum Gasteiger partial charge on any atom is -0.454 e. The van der Waals surface area contributed by atoms with Crippen LogP contribution in [-0.4, -0.2) is 38.6 Å². The van der Waals surface area contributed by atoms with Gasteiger partial charge >= 0.3 is 0 Å². The van der Waals surface area contributed by atoms with Crippen LogP contribution in [0.3, 0.4) is 0 Å². The lowest BCUT2D eigenvalue weighted by molar-refractivity contribution is 0.0390. The Labute approximate surface area is 182 Å². The number of anilines is 1. The predicted molar refractivity (Wildman–Crippen MR) is 116 cm³/mol. The summed E-state index contributed by atoms with van der Waals surface area (Å²) in [6.07, 6.45) is 6.81. The van der Waals surface area contributed by atoms with Crippen LogP contribution in [0.15, 0.2) is 47.4 Å². The summed E-state index contributed by atoms with van der Waals surface area (Å²) < 4.78 is 39.1. The number of rotatable bonds is 4. The number of nitrogens with zero attached hydrogens (tertiary/aromatic N) is 1. The number of likely N-dealkylation sites (tertiary alicyclic amines) is 1. The Morgan fingerprint density at radius 1 is 0.968 bits per heavy atom. The van der Waals surface area contributed by atoms with Crippen molar-refractivity contribution in [3.63, 3.8) is 0 Å². The quantitative estimate of drug-likeness (QED) is 0.773. The van der Waals surface area contributed by atoms with E-state index < -0.39 is 10.0 Å². The fourth-order valence-corrected chi connectivity index (χ4v) is 6.11. The third-order valence-corrected chi connectivity index (χ3v) is 7.90. The van der Waals surface area contributed by atoms with Crippen molar-refractivity contribution >= 4 is 21.6 Å². The van der Waals surface area contributed by atoms with Crippen LogP contribution in [0.1, 0.15) is 48.9 Å². The van der Waals surface area contributed by atoms with E-state index in [-0.39, 0.29) is 23.6 Å². The number of benzene rings is 2. The molecule has 3 aliphatic rings. The van der Waals surface area contributed by atoms with Crippen molar-refractivity contribution in [1.82, 2.24) is 4.90 Å². The number of piperidine rings is 1. The first kappa shape index (κ1) is 20.2. The maximum absolute atomic E-state index is 13.3. The molecular formula is C23H26N2O5S. The molecule has 7 nitrogen and oxygen atoms in total. The van der Waals surface area contributed by atoms with E-state index in [4.69, 9.17) is 9.47 Å². The van der Waals surface area contributed by atoms with E-state index in [9.17, 15) is 13.2 Å². The van der Waals surface area contributed by atoms with Gasteiger partial charge in [-0.1, -0.05) is 18.9 Å². The van der Waals surface area contributed by atoms with Crippen LogP contribution >= 0.6 is 0 Å². The molecule has 0 spiro atoms. The lowest BCUT2D eigenvalue weighted by Crippen LogP contribution is -2.49. The molecule has 1 saturated carbocycles. The van der Waals surface area contributed by atoms with Gasteiger partial charge in [-0.2, -0.15) is 0 Å². The predicted octanol–water partition coefficient (Wildman–Crippen LogP) is 4.01. The summed E-state index contributed by atoms with van der Waals surface area (Å²) in [6.45, 7) is 0.862. The first-order valence-electron chi connectivity index (χ1n) is 10.8. The van der Waals surface area contributed by atoms with Crippen LogP contribution < -0.4 is 14.2 Å². The number of amides is 1. The zero-order valence-electron chi connectivity index (χ0n) is 17.2. The van der Waals surface area contributed by atoms with Gasteiger partial charge in [-0.15, -0.1) is 0 Å². The second kappa shape index (κ2) is 8.07. The second-order valence-corrected chi connectivity index (χ2v) is 10.1. The van der Waals surface area contributed by atoms with Crippen molar-refractivity contribution in [2.45, 2.75) is 49.5 Å². The number of hydrogen-bond acceptors (Lipinski definition) is 5. The summed E-state index contributed by atoms with van der Waals surface area (Å²) in [7, 11) is -3.86. The molecule has 2 aliphatic heterocycles. The van der Waals surface area contributed by atoms with Crippen molar-refractivity contribution in [3.05, 3.63) is 48.0 Å². The standard InChI is InChI=1S/C23H26N2O5S/c26-23(25-12-4-7-16-5-1-2-9-20(16)25)17-6-3-8-19(13-17)31(27,28)24-18-10-11-21-22(14-18)30-15-29-21/h3,6,8,10-11,13-14,16,20,24H,1-2,4-5,7,9,12,15H2/t16-,20-/m1/s1. The molecule has 1 aliphatic carbocycles. The molecule has 1 amide bonds. The zero-order valence-corrected chi connectivity index (χ0v) is 18.1. The molecule has 0 aromatic heterocycles. The molecule has 8 heteroatoms. The number of sulfonamides is 1. The average Bonchev–Trinajstić information content (AvgIpc) is 3.26. The van der Waals surface area contributed by atoms with Crippen LogP contribution in [0.5, 0.6) is 11.5 Å².